The number of aliphatic hydroxyl groups is 1. The van der Waals surface area contributed by atoms with Crippen LogP contribution in [-0.4, -0.2) is 35.2 Å². The molecule has 3 fully saturated rings. The van der Waals surface area contributed by atoms with Crippen LogP contribution in [0.3, 0.4) is 0 Å². The van der Waals surface area contributed by atoms with Crippen LogP contribution in [-0.2, 0) is 0 Å². The molecule has 0 radical (unpaired) electrons. The average Bonchev–Trinajstić information content (AvgIpc) is 2.44. The van der Waals surface area contributed by atoms with Crippen LogP contribution in [0.15, 0.2) is 0 Å². The van der Waals surface area contributed by atoms with Gasteiger partial charge in [-0.1, -0.05) is 33.1 Å². The third-order valence-corrected chi connectivity index (χ3v) is 6.56. The first-order valence-electron chi connectivity index (χ1n) is 8.92. The second-order valence-corrected chi connectivity index (χ2v) is 8.64. The Labute approximate surface area is 124 Å². The number of hydrogen-bond acceptors (Lipinski definition) is 2. The highest BCUT2D eigenvalue weighted by atomic mass is 16.3. The molecular weight excluding hydrogens is 246 g/mol. The second kappa shape index (κ2) is 5.61. The molecule has 20 heavy (non-hydrogen) atoms. The van der Waals surface area contributed by atoms with Crippen LogP contribution in [0.25, 0.3) is 0 Å². The Hall–Kier alpha value is -0.0800. The summed E-state index contributed by atoms with van der Waals surface area (Å²) in [5.74, 6) is 0. The van der Waals surface area contributed by atoms with Gasteiger partial charge in [0.15, 0.2) is 0 Å². The lowest BCUT2D eigenvalue weighted by molar-refractivity contribution is -0.0453. The first-order valence-corrected chi connectivity index (χ1v) is 8.92. The largest absolute Gasteiger partial charge is 0.391 e. The van der Waals surface area contributed by atoms with Crippen molar-refractivity contribution in [1.29, 1.82) is 0 Å². The van der Waals surface area contributed by atoms with E-state index in [1.54, 1.807) is 0 Å². The molecule has 2 unspecified atom stereocenters. The minimum absolute atomic E-state index is 0.0802. The van der Waals surface area contributed by atoms with E-state index in [0.717, 1.165) is 6.42 Å². The number of piperidine rings is 1. The lowest BCUT2D eigenvalue weighted by Gasteiger charge is -2.50. The van der Waals surface area contributed by atoms with Gasteiger partial charge in [-0.2, -0.15) is 0 Å². The molecular formula is C18H33NO. The number of rotatable bonds is 1. The summed E-state index contributed by atoms with van der Waals surface area (Å²) in [5, 5.41) is 10.4. The quantitative estimate of drug-likeness (QED) is 0.785. The molecule has 2 atom stereocenters. The Bertz CT molecular complexity index is 322. The molecule has 3 aliphatic rings. The van der Waals surface area contributed by atoms with Crippen molar-refractivity contribution in [2.45, 2.75) is 90.2 Å². The molecule has 1 saturated heterocycles. The Morgan fingerprint density at radius 3 is 2.20 bits per heavy atom. The van der Waals surface area contributed by atoms with E-state index in [1.165, 1.54) is 70.9 Å². The second-order valence-electron chi connectivity index (χ2n) is 8.64. The topological polar surface area (TPSA) is 23.5 Å². The zero-order valence-electron chi connectivity index (χ0n) is 13.5. The summed E-state index contributed by atoms with van der Waals surface area (Å²) >= 11 is 0. The summed E-state index contributed by atoms with van der Waals surface area (Å²) < 4.78 is 0. The van der Waals surface area contributed by atoms with E-state index >= 15 is 0 Å². The Kier molecular flexibility index (Phi) is 4.16. The van der Waals surface area contributed by atoms with E-state index in [-0.39, 0.29) is 6.10 Å². The van der Waals surface area contributed by atoms with Gasteiger partial charge in [0.25, 0.3) is 0 Å². The zero-order valence-corrected chi connectivity index (χ0v) is 13.5. The SMILES string of the molecule is CC1(C)CCC(O)C(N2CCC3(CCCCC3)CC2)C1. The molecule has 2 aliphatic carbocycles. The third-order valence-electron chi connectivity index (χ3n) is 6.56. The molecule has 1 aliphatic heterocycles. The highest BCUT2D eigenvalue weighted by molar-refractivity contribution is 4.95. The fourth-order valence-corrected chi connectivity index (χ4v) is 5.04. The van der Waals surface area contributed by atoms with Gasteiger partial charge in [0.05, 0.1) is 6.10 Å². The smallest absolute Gasteiger partial charge is 0.0695 e. The van der Waals surface area contributed by atoms with Crippen molar-refractivity contribution in [2.24, 2.45) is 10.8 Å². The van der Waals surface area contributed by atoms with Crippen molar-refractivity contribution in [3.63, 3.8) is 0 Å². The maximum atomic E-state index is 10.4. The standard InChI is InChI=1S/C18H33NO/c1-17(2)9-6-16(20)15(14-17)19-12-10-18(11-13-19)7-4-3-5-8-18/h15-16,20H,3-14H2,1-2H3. The molecule has 1 spiro atoms. The molecule has 2 nitrogen and oxygen atoms in total. The fourth-order valence-electron chi connectivity index (χ4n) is 5.04. The summed E-state index contributed by atoms with van der Waals surface area (Å²) in [7, 11) is 0. The highest BCUT2D eigenvalue weighted by Gasteiger charge is 2.41. The number of nitrogens with zero attached hydrogens (tertiary/aromatic N) is 1. The number of aliphatic hydroxyl groups excluding tert-OH is 1. The third kappa shape index (κ3) is 3.06. The van der Waals surface area contributed by atoms with Gasteiger partial charge in [0.2, 0.25) is 0 Å². The molecule has 0 bridgehead atoms. The predicted octanol–water partition coefficient (Wildman–Crippen LogP) is 3.97. The molecule has 3 rings (SSSR count). The van der Waals surface area contributed by atoms with Gasteiger partial charge < -0.3 is 5.11 Å². The highest BCUT2D eigenvalue weighted by Crippen LogP contribution is 2.46. The van der Waals surface area contributed by atoms with Crippen LogP contribution in [0.4, 0.5) is 0 Å². The van der Waals surface area contributed by atoms with Gasteiger partial charge in [-0.05, 0) is 68.9 Å². The summed E-state index contributed by atoms with van der Waals surface area (Å²) in [6, 6.07) is 0.430. The Balaban J connectivity index is 1.59. The van der Waals surface area contributed by atoms with Crippen LogP contribution in [0.1, 0.15) is 78.1 Å². The minimum atomic E-state index is -0.0802. The zero-order chi connectivity index (χ0) is 14.2. The van der Waals surface area contributed by atoms with E-state index in [0.29, 0.717) is 16.9 Å². The van der Waals surface area contributed by atoms with Gasteiger partial charge in [0.1, 0.15) is 0 Å². The van der Waals surface area contributed by atoms with Crippen LogP contribution in [0.2, 0.25) is 0 Å². The number of likely N-dealkylation sites (tertiary alicyclic amines) is 1. The van der Waals surface area contributed by atoms with Crippen molar-refractivity contribution in [2.75, 3.05) is 13.1 Å². The molecule has 2 saturated carbocycles. The predicted molar refractivity (Wildman–Crippen MR) is 83.8 cm³/mol. The van der Waals surface area contributed by atoms with E-state index in [4.69, 9.17) is 0 Å². The Morgan fingerprint density at radius 1 is 0.900 bits per heavy atom. The van der Waals surface area contributed by atoms with Crippen molar-refractivity contribution in [1.82, 2.24) is 4.90 Å². The molecule has 0 amide bonds. The molecule has 0 aromatic rings. The van der Waals surface area contributed by atoms with Gasteiger partial charge in [-0.3, -0.25) is 4.90 Å². The summed E-state index contributed by atoms with van der Waals surface area (Å²) in [4.78, 5) is 2.63. The maximum absolute atomic E-state index is 10.4. The molecule has 0 aromatic heterocycles. The Morgan fingerprint density at radius 2 is 1.55 bits per heavy atom. The first-order chi connectivity index (χ1) is 9.50. The molecule has 116 valence electrons. The molecule has 1 heterocycles. The van der Waals surface area contributed by atoms with Gasteiger partial charge in [0, 0.05) is 6.04 Å². The van der Waals surface area contributed by atoms with Gasteiger partial charge in [-0.25, -0.2) is 0 Å². The molecule has 2 heteroatoms. The lowest BCUT2D eigenvalue weighted by atomic mass is 9.67. The van der Waals surface area contributed by atoms with E-state index in [2.05, 4.69) is 18.7 Å². The summed E-state index contributed by atoms with van der Waals surface area (Å²) in [6.07, 6.45) is 13.4. The van der Waals surface area contributed by atoms with E-state index in [9.17, 15) is 5.11 Å². The monoisotopic (exact) mass is 279 g/mol. The number of hydrogen-bond donors (Lipinski definition) is 1. The fraction of sp³-hybridized carbons (Fsp3) is 1.00. The summed E-state index contributed by atoms with van der Waals surface area (Å²) in [6.45, 7) is 7.21. The van der Waals surface area contributed by atoms with Gasteiger partial charge >= 0.3 is 0 Å². The maximum Gasteiger partial charge on any atom is 0.0695 e. The lowest BCUT2D eigenvalue weighted by Crippen LogP contribution is -2.53. The van der Waals surface area contributed by atoms with E-state index in [1.807, 2.05) is 0 Å². The van der Waals surface area contributed by atoms with Crippen LogP contribution >= 0.6 is 0 Å². The average molecular weight is 279 g/mol. The van der Waals surface area contributed by atoms with Gasteiger partial charge in [-0.15, -0.1) is 0 Å². The van der Waals surface area contributed by atoms with Crippen molar-refractivity contribution < 1.29 is 5.11 Å². The summed E-state index contributed by atoms with van der Waals surface area (Å²) in [5.41, 5.74) is 1.10. The molecule has 1 N–H and O–H groups in total. The normalized spacial score (nSPS) is 38.0. The van der Waals surface area contributed by atoms with Crippen molar-refractivity contribution in [3.05, 3.63) is 0 Å². The van der Waals surface area contributed by atoms with Crippen LogP contribution in [0.5, 0.6) is 0 Å². The molecule has 0 aromatic carbocycles. The minimum Gasteiger partial charge on any atom is -0.391 e. The van der Waals surface area contributed by atoms with Crippen molar-refractivity contribution >= 4 is 0 Å². The van der Waals surface area contributed by atoms with Crippen LogP contribution in [0, 0.1) is 10.8 Å². The van der Waals surface area contributed by atoms with E-state index < -0.39 is 0 Å². The van der Waals surface area contributed by atoms with Crippen LogP contribution < -0.4 is 0 Å². The van der Waals surface area contributed by atoms with Crippen molar-refractivity contribution in [3.8, 4) is 0 Å². The first kappa shape index (κ1) is 14.8.